The first kappa shape index (κ1) is 101. The number of piperidine rings is 2. The second-order valence-corrected chi connectivity index (χ2v) is 33.1. The van der Waals surface area contributed by atoms with Gasteiger partial charge in [0.05, 0.1) is 98.0 Å². The third-order valence-electron chi connectivity index (χ3n) is 24.7. The molecular weight excluding hydrogens is 1750 g/mol. The Balaban J connectivity index is 0.000000187. The van der Waals surface area contributed by atoms with Gasteiger partial charge >= 0.3 is 36.2 Å². The van der Waals surface area contributed by atoms with Gasteiger partial charge in [-0.3, -0.25) is 14.4 Å². The van der Waals surface area contributed by atoms with Crippen molar-refractivity contribution in [1.29, 1.82) is 0 Å². The van der Waals surface area contributed by atoms with Crippen LogP contribution in [0.1, 0.15) is 125 Å². The highest BCUT2D eigenvalue weighted by Crippen LogP contribution is 2.49. The largest absolute Gasteiger partial charge is 0.497 e. The summed E-state index contributed by atoms with van der Waals surface area (Å²) in [6.07, 6.45) is -0.920. The number of hydrogen-bond donors (Lipinski definition) is 3. The zero-order chi connectivity index (χ0) is 93.3. The van der Waals surface area contributed by atoms with Gasteiger partial charge in [-0.15, -0.1) is 12.4 Å². The van der Waals surface area contributed by atoms with Crippen LogP contribution in [0.2, 0.25) is 5.15 Å². The van der Waals surface area contributed by atoms with Crippen LogP contribution in [-0.2, 0) is 60.0 Å². The number of esters is 3. The number of amides is 1. The molecule has 3 aromatic heterocycles. The topological polar surface area (TPSA) is 297 Å². The van der Waals surface area contributed by atoms with E-state index in [-0.39, 0.29) is 94.0 Å². The lowest BCUT2D eigenvalue weighted by Crippen LogP contribution is -2.53. The van der Waals surface area contributed by atoms with E-state index in [1.54, 1.807) is 175 Å². The molecule has 0 bridgehead atoms. The highest BCUT2D eigenvalue weighted by molar-refractivity contribution is 6.29. The number of ether oxygens (including phenoxy) is 8. The zero-order valence-corrected chi connectivity index (χ0v) is 75.6. The molecule has 130 heavy (non-hydrogen) atoms. The Labute approximate surface area is 760 Å². The highest BCUT2D eigenvalue weighted by atomic mass is 35.5. The molecule has 27 nitrogen and oxygen atoms in total. The molecule has 5 aromatic carbocycles. The smallest absolute Gasteiger partial charge is 0.416 e. The predicted molar refractivity (Wildman–Crippen MR) is 471 cm³/mol. The average molecular weight is 1860 g/mol. The van der Waals surface area contributed by atoms with Crippen molar-refractivity contribution in [1.82, 2.24) is 45.4 Å². The molecular formula is C92H110Cl2F9N13O14. The second kappa shape index (κ2) is 44.8. The Morgan fingerprint density at radius 1 is 0.492 bits per heavy atom. The molecule has 7 saturated heterocycles. The van der Waals surface area contributed by atoms with Crippen molar-refractivity contribution in [2.24, 2.45) is 11.8 Å². The van der Waals surface area contributed by atoms with Gasteiger partial charge in [0.2, 0.25) is 17.0 Å². The Morgan fingerprint density at radius 3 is 1.31 bits per heavy atom. The van der Waals surface area contributed by atoms with E-state index in [9.17, 15) is 59.8 Å². The van der Waals surface area contributed by atoms with Gasteiger partial charge in [0.25, 0.3) is 5.91 Å². The molecule has 38 heteroatoms. The number of hydrogen-bond acceptors (Lipinski definition) is 25. The Bertz CT molecular complexity index is 5090. The first-order chi connectivity index (χ1) is 61.5. The molecule has 15 rings (SSSR count). The van der Waals surface area contributed by atoms with Crippen LogP contribution in [0.15, 0.2) is 146 Å². The van der Waals surface area contributed by atoms with Crippen molar-refractivity contribution in [3.05, 3.63) is 208 Å². The number of benzene rings is 5. The molecule has 7 aliphatic heterocycles. The van der Waals surface area contributed by atoms with E-state index in [1.165, 1.54) is 51.5 Å². The second-order valence-electron chi connectivity index (χ2n) is 32.7. The number of methoxy groups -OCH3 is 8. The van der Waals surface area contributed by atoms with Gasteiger partial charge in [-0.05, 0) is 172 Å². The Hall–Kier alpha value is -10.9. The Morgan fingerprint density at radius 2 is 0.915 bits per heavy atom. The maximum atomic E-state index is 17.8. The fourth-order valence-electron chi connectivity index (χ4n) is 17.9. The monoisotopic (exact) mass is 1860 g/mol. The van der Waals surface area contributed by atoms with Crippen molar-refractivity contribution in [2.75, 3.05) is 168 Å². The standard InChI is InChI=1S/C37H43F4N5O5.C20H27F3N2O3.C17H18FN3O3.C13H16FNO3.C5H5ClN2.ClH/c1-23-42-14-11-33(43-23)45-20-31(24-5-8-29(50-3)9-6-24)36(38,22-45)35(48)46-19-26(17-28(46)21-49-2)30-10-7-27(37(39,40)41)18-32(30)44-15-12-25(13-16-44)34(47)51-4;1-27-12-16-9-14(11-24-16)17-4-3-15(20(21,22)23)10-18(17)25-7-5-13(6-8-25)19(26)28-2;1-11-19-8-7-15(20-11)21-9-14(17(18,10-21)16(22)23)12-3-5-13(24-2)6-4-12;1-17-10-5-3-9(4-6-10)11-7-15-8-13(11,14)12(16)18-2;1-4-7-3-2-5(6)8-4;/h5-11,14,18,25-26,28,31H,12-13,15-17,19-22H2,1-4H3;3-4,10,13-14,16,24H,5-9,11-12H2,1-2H3;3-8,14H,9-10H2,1-2H3,(H,22,23);3-6,11,15H,7-8H2,1-2H3;2-3H,1H3;1H/t26-,28+,31+,36+;14-,16+;14-,17-;11-,13-;;/m1100../s1. The van der Waals surface area contributed by atoms with Gasteiger partial charge < -0.3 is 78.1 Å². The first-order valence-electron chi connectivity index (χ1n) is 42.2. The summed E-state index contributed by atoms with van der Waals surface area (Å²) < 4.78 is 170. The van der Waals surface area contributed by atoms with Crippen LogP contribution in [0.3, 0.4) is 0 Å². The zero-order valence-electron chi connectivity index (χ0n) is 74.1. The summed E-state index contributed by atoms with van der Waals surface area (Å²) in [5, 5.41) is 16.2. The van der Waals surface area contributed by atoms with Crippen LogP contribution in [0, 0.1) is 32.6 Å². The number of aliphatic carboxylic acids is 1. The van der Waals surface area contributed by atoms with Crippen LogP contribution in [0.25, 0.3) is 0 Å². The number of nitrogens with one attached hydrogen (secondary N) is 2. The van der Waals surface area contributed by atoms with E-state index < -0.39 is 88.0 Å². The molecule has 704 valence electrons. The van der Waals surface area contributed by atoms with E-state index in [1.807, 2.05) is 9.80 Å². The molecule has 3 N–H and O–H groups in total. The lowest BCUT2D eigenvalue weighted by atomic mass is 9.85. The van der Waals surface area contributed by atoms with Crippen LogP contribution in [0.5, 0.6) is 17.2 Å². The molecule has 10 atom stereocenters. The van der Waals surface area contributed by atoms with Gasteiger partial charge in [-0.25, -0.2) is 52.7 Å². The van der Waals surface area contributed by atoms with Crippen molar-refractivity contribution < 1.29 is 106 Å². The molecule has 8 aromatic rings. The molecule has 0 unspecified atom stereocenters. The molecule has 7 fully saturated rings. The number of nitrogens with zero attached hydrogens (tertiary/aromatic N) is 11. The quantitative estimate of drug-likeness (QED) is 0.0261. The number of aromatic nitrogens is 6. The number of aryl methyl sites for hydroxylation is 3. The van der Waals surface area contributed by atoms with E-state index in [0.29, 0.717) is 158 Å². The SMILES string of the molecule is COC(=O)[C@]1(F)CNC[C@H]1c1ccc(OC)cc1.COC[C@@H]1C[C@@H](c2ccc(C(F)(F)F)cc2N2CCC(C(=O)OC)CC2)CN1.COC[C@@H]1C[C@@H](c2ccc(C(F)(F)F)cc2N2CCC(C(=O)OC)CC2)CN1C(=O)[C@]1(F)CN(c2ccnc(C)n2)C[C@H]1c1ccc(OC)cc1.COc1ccc([C@@H]2CN(c3ccnc(C)n3)C[C@@]2(F)C(=O)O)cc1.Cc1nccc(Cl)n1.Cl. The lowest BCUT2D eigenvalue weighted by molar-refractivity contribution is -0.154. The fraction of sp³-hybridized carbons (Fsp3) is 0.489. The minimum Gasteiger partial charge on any atom is -0.497 e. The molecule has 10 heterocycles. The molecule has 0 aliphatic carbocycles. The maximum Gasteiger partial charge on any atom is 0.416 e. The number of anilines is 4. The molecule has 7 aliphatic rings. The number of alkyl halides is 9. The number of carboxylic acids is 1. The molecule has 0 spiro atoms. The number of halogens is 11. The third-order valence-corrected chi connectivity index (χ3v) is 24.9. The van der Waals surface area contributed by atoms with Crippen molar-refractivity contribution in [3.8, 4) is 17.2 Å². The van der Waals surface area contributed by atoms with Gasteiger partial charge in [0.1, 0.15) is 51.5 Å². The summed E-state index contributed by atoms with van der Waals surface area (Å²) in [7, 11) is 11.7. The molecule has 1 amide bonds. The minimum atomic E-state index is -4.57. The van der Waals surface area contributed by atoms with Crippen molar-refractivity contribution in [2.45, 2.75) is 130 Å². The summed E-state index contributed by atoms with van der Waals surface area (Å²) in [6.45, 7) is 8.89. The molecule has 0 radical (unpaired) electrons. The third kappa shape index (κ3) is 24.2. The van der Waals surface area contributed by atoms with Crippen molar-refractivity contribution in [3.63, 3.8) is 0 Å². The maximum absolute atomic E-state index is 17.8. The Kier molecular flexibility index (Phi) is 34.9. The summed E-state index contributed by atoms with van der Waals surface area (Å²) in [6, 6.07) is 33.3. The normalized spacial score (nSPS) is 23.2. The van der Waals surface area contributed by atoms with Gasteiger partial charge in [0, 0.05) is 139 Å². The van der Waals surface area contributed by atoms with Crippen molar-refractivity contribution >= 4 is 76.8 Å². The van der Waals surface area contributed by atoms with Gasteiger partial charge in [-0.1, -0.05) is 60.1 Å². The number of rotatable bonds is 21. The van der Waals surface area contributed by atoms with E-state index in [0.717, 1.165) is 29.7 Å². The van der Waals surface area contributed by atoms with E-state index >= 15 is 8.78 Å². The number of carboxylic acid groups (broad SMARTS) is 1. The number of likely N-dealkylation sites (tertiary alicyclic amines) is 1. The highest BCUT2D eigenvalue weighted by Gasteiger charge is 2.59. The van der Waals surface area contributed by atoms with Crippen LogP contribution in [0.4, 0.5) is 62.5 Å². The van der Waals surface area contributed by atoms with E-state index in [4.69, 9.17) is 44.8 Å². The summed E-state index contributed by atoms with van der Waals surface area (Å²) in [4.78, 5) is 95.2. The molecule has 0 saturated carbocycles. The van der Waals surface area contributed by atoms with Crippen LogP contribution < -0.4 is 44.4 Å². The first-order valence-corrected chi connectivity index (χ1v) is 42.6. The van der Waals surface area contributed by atoms with Gasteiger partial charge in [0.15, 0.2) is 0 Å². The number of carbonyl (C=O) groups is 5. The van der Waals surface area contributed by atoms with Crippen LogP contribution >= 0.6 is 24.0 Å². The lowest BCUT2D eigenvalue weighted by Gasteiger charge is -2.35. The van der Waals surface area contributed by atoms with Crippen LogP contribution in [-0.4, -0.2) is 247 Å². The minimum absolute atomic E-state index is 0. The predicted octanol–water partition coefficient (Wildman–Crippen LogP) is 14.0. The fourth-order valence-corrected chi connectivity index (χ4v) is 18.0. The average Bonchev–Trinajstić information content (AvgIpc) is 1.59. The summed E-state index contributed by atoms with van der Waals surface area (Å²) >= 11 is 5.49. The van der Waals surface area contributed by atoms with E-state index in [2.05, 4.69) is 45.3 Å². The van der Waals surface area contributed by atoms with Gasteiger partial charge in [-0.2, -0.15) is 26.3 Å². The number of carbonyl (C=O) groups excluding carboxylic acids is 4. The summed E-state index contributed by atoms with van der Waals surface area (Å²) in [5.74, 6) is -1.77. The summed E-state index contributed by atoms with van der Waals surface area (Å²) in [5.41, 5.74) is -3.57.